The Bertz CT molecular complexity index is 2210. The molecular weight excluding hydrogens is 592 g/mol. The number of hydrogen-bond acceptors (Lipinski definition) is 6. The number of ether oxygens (including phenoxy) is 1. The summed E-state index contributed by atoms with van der Waals surface area (Å²) >= 11 is 0. The van der Waals surface area contributed by atoms with Crippen LogP contribution in [0.2, 0.25) is 0 Å². The molecule has 4 aromatic carbocycles. The summed E-state index contributed by atoms with van der Waals surface area (Å²) in [4.78, 5) is 35.1. The van der Waals surface area contributed by atoms with Gasteiger partial charge in [0.25, 0.3) is 0 Å². The van der Waals surface area contributed by atoms with Crippen LogP contribution in [0.1, 0.15) is 75.9 Å². The highest BCUT2D eigenvalue weighted by Crippen LogP contribution is 2.62. The highest BCUT2D eigenvalue weighted by atomic mass is 16.5. The van der Waals surface area contributed by atoms with E-state index >= 15 is 0 Å². The van der Waals surface area contributed by atoms with Crippen LogP contribution < -0.4 is 0 Å². The molecule has 0 N–H and O–H groups in total. The second kappa shape index (κ2) is 11.6. The number of esters is 1. The number of carbonyl (C=O) groups excluding carboxylic acids is 1. The molecule has 0 aliphatic heterocycles. The highest BCUT2D eigenvalue weighted by Gasteiger charge is 2.56. The molecule has 2 aliphatic carbocycles. The number of nitrogens with zero attached hydrogens (tertiary/aromatic N) is 4. The fourth-order valence-electron chi connectivity index (χ4n) is 8.57. The molecule has 4 unspecified atom stereocenters. The van der Waals surface area contributed by atoms with E-state index in [1.807, 2.05) is 56.3 Å². The quantitative estimate of drug-likeness (QED) is 0.148. The van der Waals surface area contributed by atoms with Gasteiger partial charge < -0.3 is 4.74 Å². The van der Waals surface area contributed by atoms with Gasteiger partial charge in [-0.05, 0) is 67.5 Å². The predicted molar refractivity (Wildman–Crippen MR) is 191 cm³/mol. The monoisotopic (exact) mass is 632 g/mol. The van der Waals surface area contributed by atoms with Crippen LogP contribution in [0.5, 0.6) is 0 Å². The van der Waals surface area contributed by atoms with Gasteiger partial charge in [-0.2, -0.15) is 0 Å². The Kier molecular flexibility index (Phi) is 7.35. The van der Waals surface area contributed by atoms with Crippen LogP contribution in [0.3, 0.4) is 0 Å². The van der Waals surface area contributed by atoms with E-state index in [9.17, 15) is 4.79 Å². The minimum Gasteiger partial charge on any atom is -0.466 e. The van der Waals surface area contributed by atoms with Crippen LogP contribution in [0, 0.1) is 11.8 Å². The molecule has 0 fully saturated rings. The van der Waals surface area contributed by atoms with Gasteiger partial charge in [0, 0.05) is 22.0 Å². The number of benzene rings is 4. The molecule has 0 saturated carbocycles. The average Bonchev–Trinajstić information content (AvgIpc) is 3.52. The fourth-order valence-corrected chi connectivity index (χ4v) is 8.57. The van der Waals surface area contributed by atoms with Crippen molar-refractivity contribution >= 4 is 28.0 Å². The van der Waals surface area contributed by atoms with Crippen molar-refractivity contribution in [2.45, 2.75) is 64.2 Å². The van der Waals surface area contributed by atoms with E-state index in [-0.39, 0.29) is 11.9 Å². The average molecular weight is 633 g/mol. The smallest absolute Gasteiger partial charge is 0.308 e. The minimum absolute atomic E-state index is 0.189. The number of carbonyl (C=O) groups is 1. The van der Waals surface area contributed by atoms with Crippen LogP contribution in [-0.4, -0.2) is 32.5 Å². The number of para-hydroxylation sites is 4. The van der Waals surface area contributed by atoms with E-state index in [1.165, 1.54) is 5.56 Å². The van der Waals surface area contributed by atoms with E-state index in [0.29, 0.717) is 25.4 Å². The van der Waals surface area contributed by atoms with Gasteiger partial charge in [0.2, 0.25) is 0 Å². The molecule has 8 rings (SSSR count). The first-order valence-corrected chi connectivity index (χ1v) is 17.3. The van der Waals surface area contributed by atoms with Crippen molar-refractivity contribution in [1.29, 1.82) is 0 Å². The number of aromatic nitrogens is 4. The third kappa shape index (κ3) is 4.56. The predicted octanol–water partition coefficient (Wildman–Crippen LogP) is 9.22. The molecule has 4 atom stereocenters. The van der Waals surface area contributed by atoms with Gasteiger partial charge in [-0.25, -0.2) is 19.9 Å². The molecule has 0 saturated heterocycles. The lowest BCUT2D eigenvalue weighted by Crippen LogP contribution is -2.41. The maximum atomic E-state index is 13.5. The zero-order chi connectivity index (χ0) is 33.0. The summed E-state index contributed by atoms with van der Waals surface area (Å²) in [6.07, 6.45) is 3.12. The molecule has 6 heteroatoms. The molecular formula is C42H40N4O2. The highest BCUT2D eigenvalue weighted by molar-refractivity contribution is 5.87. The summed E-state index contributed by atoms with van der Waals surface area (Å²) < 4.78 is 5.65. The van der Waals surface area contributed by atoms with Gasteiger partial charge in [-0.1, -0.05) is 100.0 Å². The zero-order valence-corrected chi connectivity index (χ0v) is 28.0. The Morgan fingerprint density at radius 2 is 1.06 bits per heavy atom. The second-order valence-corrected chi connectivity index (χ2v) is 13.8. The molecule has 6 aromatic rings. The maximum absolute atomic E-state index is 13.5. The Balaban J connectivity index is 1.45. The molecule has 0 radical (unpaired) electrons. The maximum Gasteiger partial charge on any atom is 0.308 e. The van der Waals surface area contributed by atoms with Crippen molar-refractivity contribution in [3.63, 3.8) is 0 Å². The molecule has 0 bridgehead atoms. The molecule has 48 heavy (non-hydrogen) atoms. The SMILES string of the molecule is CCOC(=O)C(C)CC1(CC2(CC(C)CC)c3ccccc3-c3nc4ccccc4nc32)c2ccccc2-c2nc3ccccc3nc21. The third-order valence-electron chi connectivity index (χ3n) is 10.8. The first-order chi connectivity index (χ1) is 23.4. The van der Waals surface area contributed by atoms with E-state index < -0.39 is 10.8 Å². The van der Waals surface area contributed by atoms with Gasteiger partial charge >= 0.3 is 5.97 Å². The molecule has 6 nitrogen and oxygen atoms in total. The van der Waals surface area contributed by atoms with Crippen LogP contribution in [0.4, 0.5) is 0 Å². The van der Waals surface area contributed by atoms with E-state index in [4.69, 9.17) is 24.7 Å². The topological polar surface area (TPSA) is 77.9 Å². The van der Waals surface area contributed by atoms with Crippen molar-refractivity contribution in [2.24, 2.45) is 11.8 Å². The number of fused-ring (bicyclic) bond motifs is 8. The lowest BCUT2D eigenvalue weighted by Gasteiger charge is -2.43. The molecule has 2 heterocycles. The van der Waals surface area contributed by atoms with E-state index in [2.05, 4.69) is 68.4 Å². The lowest BCUT2D eigenvalue weighted by atomic mass is 9.59. The standard InChI is InChI=1S/C42H40N4O2/c1-5-26(3)23-41(30-17-9-7-15-28(30)36-38(41)45-34-21-13-11-19-32(34)43-36)25-42(24-27(4)40(47)48-6-2)31-18-10-8-16-29(31)37-39(42)46-35-22-14-12-20-33(35)44-37/h7-22,26-27H,5-6,23-25H2,1-4H3. The largest absolute Gasteiger partial charge is 0.466 e. The number of hydrogen-bond donors (Lipinski definition) is 0. The molecule has 2 aliphatic rings. The third-order valence-corrected chi connectivity index (χ3v) is 10.8. The van der Waals surface area contributed by atoms with Crippen molar-refractivity contribution in [1.82, 2.24) is 19.9 Å². The second-order valence-electron chi connectivity index (χ2n) is 13.8. The Morgan fingerprint density at radius 3 is 1.54 bits per heavy atom. The minimum atomic E-state index is -0.662. The molecule has 2 aromatic heterocycles. The van der Waals surface area contributed by atoms with Crippen LogP contribution in [0.15, 0.2) is 97.1 Å². The summed E-state index contributed by atoms with van der Waals surface area (Å²) in [6, 6.07) is 33.6. The van der Waals surface area contributed by atoms with E-state index in [1.54, 1.807) is 0 Å². The van der Waals surface area contributed by atoms with Crippen molar-refractivity contribution in [2.75, 3.05) is 6.61 Å². The van der Waals surface area contributed by atoms with Crippen LogP contribution in [-0.2, 0) is 20.4 Å². The van der Waals surface area contributed by atoms with Crippen molar-refractivity contribution in [3.8, 4) is 22.5 Å². The Labute approximate surface area is 281 Å². The van der Waals surface area contributed by atoms with Crippen molar-refractivity contribution < 1.29 is 9.53 Å². The summed E-state index contributed by atoms with van der Waals surface area (Å²) in [5.41, 5.74) is 10.8. The number of rotatable bonds is 9. The fraction of sp³-hybridized carbons (Fsp3) is 0.310. The summed E-state index contributed by atoms with van der Waals surface area (Å²) in [5.74, 6) is -0.169. The van der Waals surface area contributed by atoms with Crippen molar-refractivity contribution in [3.05, 3.63) is 120 Å². The zero-order valence-electron chi connectivity index (χ0n) is 28.0. The summed E-state index contributed by atoms with van der Waals surface area (Å²) in [7, 11) is 0. The van der Waals surface area contributed by atoms with E-state index in [0.717, 1.165) is 74.4 Å². The normalized spacial score (nSPS) is 20.2. The van der Waals surface area contributed by atoms with Gasteiger partial charge in [-0.15, -0.1) is 0 Å². The van der Waals surface area contributed by atoms with Gasteiger partial charge in [0.1, 0.15) is 0 Å². The van der Waals surface area contributed by atoms with Crippen LogP contribution >= 0.6 is 0 Å². The first kappa shape index (κ1) is 30.4. The molecule has 0 amide bonds. The summed E-state index contributed by atoms with van der Waals surface area (Å²) in [5, 5.41) is 0. The molecule has 240 valence electrons. The lowest BCUT2D eigenvalue weighted by molar-refractivity contribution is -0.148. The van der Waals surface area contributed by atoms with Gasteiger partial charge in [0.15, 0.2) is 0 Å². The van der Waals surface area contributed by atoms with Gasteiger partial charge in [-0.3, -0.25) is 4.79 Å². The summed E-state index contributed by atoms with van der Waals surface area (Å²) in [6.45, 7) is 8.82. The Hall–Kier alpha value is -4.97. The van der Waals surface area contributed by atoms with Crippen LogP contribution in [0.25, 0.3) is 44.6 Å². The van der Waals surface area contributed by atoms with Gasteiger partial charge in [0.05, 0.1) is 57.4 Å². The molecule has 0 spiro atoms. The first-order valence-electron chi connectivity index (χ1n) is 17.3. The Morgan fingerprint density at radius 1 is 0.625 bits per heavy atom.